The summed E-state index contributed by atoms with van der Waals surface area (Å²) in [6, 6.07) is 11.2. The normalized spacial score (nSPS) is 28.4. The van der Waals surface area contributed by atoms with Crippen LogP contribution in [0.2, 0.25) is 0 Å². The molecule has 2 aromatic carbocycles. The lowest BCUT2D eigenvalue weighted by Gasteiger charge is -2.64. The largest absolute Gasteiger partial charge is 0.481 e. The Balaban J connectivity index is 1.02. The zero-order chi connectivity index (χ0) is 42.9. The minimum atomic E-state index is -4.53. The lowest BCUT2D eigenvalue weighted by molar-refractivity contribution is -0.199. The summed E-state index contributed by atoms with van der Waals surface area (Å²) in [6.07, 6.45) is -0.675. The van der Waals surface area contributed by atoms with Crippen LogP contribution < -0.4 is 21.1 Å². The van der Waals surface area contributed by atoms with Crippen molar-refractivity contribution in [2.24, 2.45) is 17.3 Å². The van der Waals surface area contributed by atoms with Gasteiger partial charge in [0.25, 0.3) is 5.56 Å². The van der Waals surface area contributed by atoms with Gasteiger partial charge in [-0.1, -0.05) is 39.8 Å². The van der Waals surface area contributed by atoms with Crippen LogP contribution >= 0.6 is 0 Å². The first-order valence-corrected chi connectivity index (χ1v) is 21.1. The molecular formula is C44H54BF3N6O6. The Morgan fingerprint density at radius 1 is 1.02 bits per heavy atom. The van der Waals surface area contributed by atoms with Crippen molar-refractivity contribution in [1.82, 2.24) is 19.8 Å². The first kappa shape index (κ1) is 42.0. The number of ketones is 1. The number of anilines is 2. The molecule has 4 heterocycles. The number of fused-ring (bicyclic) bond motifs is 1. The molecule has 5 fully saturated rings. The Labute approximate surface area is 348 Å². The van der Waals surface area contributed by atoms with Crippen molar-refractivity contribution in [3.8, 4) is 0 Å². The maximum Gasteiger partial charge on any atom is 0.481 e. The molecule has 320 valence electrons. The van der Waals surface area contributed by atoms with Gasteiger partial charge in [0.15, 0.2) is 5.78 Å². The van der Waals surface area contributed by atoms with Gasteiger partial charge < -0.3 is 29.7 Å². The average Bonchev–Trinajstić information content (AvgIpc) is 3.73. The number of hydrogen-bond acceptors (Lipinski definition) is 9. The van der Waals surface area contributed by atoms with Gasteiger partial charge in [-0.3, -0.25) is 23.7 Å². The van der Waals surface area contributed by atoms with Crippen LogP contribution in [0.4, 0.5) is 24.5 Å². The van der Waals surface area contributed by atoms with E-state index < -0.39 is 53.3 Å². The van der Waals surface area contributed by atoms with Crippen LogP contribution in [0.5, 0.6) is 0 Å². The maximum atomic E-state index is 14.5. The van der Waals surface area contributed by atoms with Crippen molar-refractivity contribution >= 4 is 36.1 Å². The van der Waals surface area contributed by atoms with Crippen LogP contribution in [0.25, 0.3) is 0 Å². The number of benzene rings is 2. The first-order chi connectivity index (χ1) is 28.3. The number of nitrogens with one attached hydrogen (secondary N) is 2. The first-order valence-electron chi connectivity index (χ1n) is 21.1. The fraction of sp³-hybridized carbons (Fsp3) is 0.568. The maximum absolute atomic E-state index is 14.5. The molecule has 2 saturated heterocycles. The standard InChI is InChI=1S/C44H54BF3N6O6/c1-7-36(45-59-35-21-30-20-34(41(30,3)4)43(35,6)60-45)51-38(57)33-22-42(5,23-37(56)53-17-15-52(16-18-53)31-13-11-28(12-14-31)26(2)55)40-50-25-32(39(58)54(33)40)49-24-27-9-8-10-29(19-27)44(46,47)48/h8-14,19,25,30,33-36,49H,7,15-18,20-24H2,1-6H3,(H,51,57)/t30-,33-,34-,35+,36-,42-,43-/m0/s1. The van der Waals surface area contributed by atoms with Crippen LogP contribution in [0.15, 0.2) is 59.5 Å². The van der Waals surface area contributed by atoms with E-state index in [2.05, 4.69) is 36.3 Å². The second kappa shape index (κ2) is 15.3. The van der Waals surface area contributed by atoms with Gasteiger partial charge in [0.2, 0.25) is 11.8 Å². The smallest absolute Gasteiger partial charge is 0.404 e. The Kier molecular flexibility index (Phi) is 10.7. The molecule has 1 aromatic heterocycles. The van der Waals surface area contributed by atoms with Crippen molar-refractivity contribution in [3.63, 3.8) is 0 Å². The molecule has 6 aliphatic rings. The van der Waals surface area contributed by atoms with Crippen molar-refractivity contribution in [1.29, 1.82) is 0 Å². The molecule has 3 aliphatic carbocycles. The third-order valence-electron chi connectivity index (χ3n) is 14.4. The fourth-order valence-corrected chi connectivity index (χ4v) is 10.6. The van der Waals surface area contributed by atoms with Crippen molar-refractivity contribution in [3.05, 3.63) is 87.6 Å². The highest BCUT2D eigenvalue weighted by molar-refractivity contribution is 6.47. The topological polar surface area (TPSA) is 135 Å². The third kappa shape index (κ3) is 7.41. The molecule has 2 amide bonds. The highest BCUT2D eigenvalue weighted by atomic mass is 19.4. The summed E-state index contributed by atoms with van der Waals surface area (Å²) < 4.78 is 55.0. The van der Waals surface area contributed by atoms with Crippen LogP contribution in [0.3, 0.4) is 0 Å². The summed E-state index contributed by atoms with van der Waals surface area (Å²) in [5.74, 6) is 0.0925. The quantitative estimate of drug-likeness (QED) is 0.172. The lowest BCUT2D eigenvalue weighted by Crippen LogP contribution is -2.65. The number of rotatable bonds is 11. The summed E-state index contributed by atoms with van der Waals surface area (Å²) >= 11 is 0. The zero-order valence-corrected chi connectivity index (χ0v) is 35.1. The molecule has 3 aliphatic heterocycles. The molecule has 2 N–H and O–H groups in total. The van der Waals surface area contributed by atoms with Gasteiger partial charge in [-0.05, 0) is 98.7 Å². The van der Waals surface area contributed by atoms with Gasteiger partial charge in [0.1, 0.15) is 17.6 Å². The van der Waals surface area contributed by atoms with E-state index in [1.807, 2.05) is 26.0 Å². The number of alkyl halides is 3. The zero-order valence-electron chi connectivity index (χ0n) is 35.1. The molecule has 12 nitrogen and oxygen atoms in total. The molecule has 3 aromatic rings. The molecule has 9 rings (SSSR count). The number of nitrogens with zero attached hydrogens (tertiary/aromatic N) is 4. The monoisotopic (exact) mass is 830 g/mol. The van der Waals surface area contributed by atoms with E-state index in [9.17, 15) is 32.3 Å². The Bertz CT molecular complexity index is 2230. The Hall–Kier alpha value is -4.70. The number of piperazine rings is 1. The summed E-state index contributed by atoms with van der Waals surface area (Å²) in [6.45, 7) is 14.0. The van der Waals surface area contributed by atoms with Crippen LogP contribution in [-0.2, 0) is 37.0 Å². The molecule has 3 saturated carbocycles. The number of halogens is 3. The predicted octanol–water partition coefficient (Wildman–Crippen LogP) is 6.18. The van der Waals surface area contributed by atoms with Crippen LogP contribution in [-0.4, -0.2) is 83.0 Å². The number of hydrogen-bond donors (Lipinski definition) is 2. The van der Waals surface area contributed by atoms with Gasteiger partial charge in [-0.15, -0.1) is 0 Å². The summed E-state index contributed by atoms with van der Waals surface area (Å²) in [5, 5.41) is 6.11. The van der Waals surface area contributed by atoms with E-state index in [0.29, 0.717) is 55.6 Å². The van der Waals surface area contributed by atoms with Gasteiger partial charge in [0.05, 0.1) is 29.4 Å². The fourth-order valence-electron chi connectivity index (χ4n) is 10.6. The second-order valence-electron chi connectivity index (χ2n) is 18.5. The van der Waals surface area contributed by atoms with E-state index in [1.165, 1.54) is 29.8 Å². The van der Waals surface area contributed by atoms with Gasteiger partial charge in [0, 0.05) is 55.8 Å². The summed E-state index contributed by atoms with van der Waals surface area (Å²) in [5.41, 5.74) is -0.782. The number of carbonyl (C=O) groups excluding carboxylic acids is 3. The molecule has 16 heteroatoms. The number of Topliss-reactive ketones (excluding diaryl/α,β-unsaturated/α-hetero) is 1. The van der Waals surface area contributed by atoms with Crippen molar-refractivity contribution in [2.45, 2.75) is 115 Å². The number of aromatic nitrogens is 2. The van der Waals surface area contributed by atoms with Gasteiger partial charge in [-0.25, -0.2) is 4.98 Å². The predicted molar refractivity (Wildman–Crippen MR) is 220 cm³/mol. The summed E-state index contributed by atoms with van der Waals surface area (Å²) in [7, 11) is -0.681. The van der Waals surface area contributed by atoms with Crippen LogP contribution in [0, 0.1) is 17.3 Å². The molecular weight excluding hydrogens is 776 g/mol. The lowest BCUT2D eigenvalue weighted by atomic mass is 9.43. The summed E-state index contributed by atoms with van der Waals surface area (Å²) in [4.78, 5) is 63.4. The number of amides is 2. The third-order valence-corrected chi connectivity index (χ3v) is 14.4. The van der Waals surface area contributed by atoms with Crippen LogP contribution in [0.1, 0.15) is 107 Å². The molecule has 60 heavy (non-hydrogen) atoms. The van der Waals surface area contributed by atoms with E-state index in [4.69, 9.17) is 14.3 Å². The average molecular weight is 831 g/mol. The molecule has 2 bridgehead atoms. The minimum absolute atomic E-state index is 0.00202. The molecule has 0 unspecified atom stereocenters. The molecule has 0 spiro atoms. The Morgan fingerprint density at radius 2 is 1.73 bits per heavy atom. The highest BCUT2D eigenvalue weighted by Crippen LogP contribution is 2.65. The van der Waals surface area contributed by atoms with E-state index in [-0.39, 0.29) is 54.1 Å². The second-order valence-corrected chi connectivity index (χ2v) is 18.5. The van der Waals surface area contributed by atoms with E-state index in [1.54, 1.807) is 17.0 Å². The minimum Gasteiger partial charge on any atom is -0.404 e. The van der Waals surface area contributed by atoms with Crippen molar-refractivity contribution in [2.75, 3.05) is 36.4 Å². The van der Waals surface area contributed by atoms with E-state index in [0.717, 1.165) is 30.7 Å². The van der Waals surface area contributed by atoms with E-state index >= 15 is 0 Å². The molecule has 0 radical (unpaired) electrons. The van der Waals surface area contributed by atoms with Crippen molar-refractivity contribution < 1.29 is 36.9 Å². The molecule has 7 atom stereocenters. The number of carbonyl (C=O) groups is 3. The SMILES string of the molecule is CC[C@H](NC(=O)[C@@H]1C[C@@](C)(CC(=O)N2CCN(c3ccc(C(C)=O)cc3)CC2)c2ncc(NCc3cccc(C(F)(F)F)c3)c(=O)n21)B1O[C@@H]2C[C@@H]3C[C@@H](C3(C)C)[C@]2(C)O1. The highest BCUT2D eigenvalue weighted by Gasteiger charge is 2.68. The van der Waals surface area contributed by atoms with Gasteiger partial charge in [-0.2, -0.15) is 13.2 Å². The Morgan fingerprint density at radius 3 is 2.38 bits per heavy atom. The van der Waals surface area contributed by atoms with Gasteiger partial charge >= 0.3 is 13.3 Å².